The predicted molar refractivity (Wildman–Crippen MR) is 98.1 cm³/mol. The quantitative estimate of drug-likeness (QED) is 0.716. The van der Waals surface area contributed by atoms with E-state index >= 15 is 0 Å². The molecule has 0 bridgehead atoms. The van der Waals surface area contributed by atoms with Crippen LogP contribution < -0.4 is 16.4 Å². The Hall–Kier alpha value is -1.08. The van der Waals surface area contributed by atoms with Crippen molar-refractivity contribution in [1.29, 1.82) is 0 Å². The van der Waals surface area contributed by atoms with Crippen molar-refractivity contribution in [1.82, 2.24) is 0 Å². The van der Waals surface area contributed by atoms with Crippen molar-refractivity contribution in [2.75, 3.05) is 4.90 Å². The molecule has 0 unspecified atom stereocenters. The Labute approximate surface area is 147 Å². The summed E-state index contributed by atoms with van der Waals surface area (Å²) in [5.74, 6) is 0.692. The normalized spacial score (nSPS) is 20.8. The maximum absolute atomic E-state index is 6.25. The summed E-state index contributed by atoms with van der Waals surface area (Å²) in [6.07, 6.45) is 5.33. The van der Waals surface area contributed by atoms with Gasteiger partial charge in [0.05, 0.1) is 5.69 Å². The van der Waals surface area contributed by atoms with Crippen LogP contribution in [0.4, 0.5) is 5.69 Å². The van der Waals surface area contributed by atoms with Crippen molar-refractivity contribution in [3.63, 3.8) is 0 Å². The fourth-order valence-electron chi connectivity index (χ4n) is 3.28. The summed E-state index contributed by atoms with van der Waals surface area (Å²) in [6.45, 7) is 2.06. The van der Waals surface area contributed by atoms with Gasteiger partial charge in [-0.05, 0) is 66.2 Å². The summed E-state index contributed by atoms with van der Waals surface area (Å²) in [4.78, 5) is 10.9. The molecule has 1 aliphatic carbocycles. The van der Waals surface area contributed by atoms with Gasteiger partial charge in [0.2, 0.25) is 11.9 Å². The molecule has 1 aliphatic heterocycles. The highest BCUT2D eigenvalue weighted by molar-refractivity contribution is 9.11. The fourth-order valence-corrected chi connectivity index (χ4v) is 4.45. The summed E-state index contributed by atoms with van der Waals surface area (Å²) in [7, 11) is 0. The predicted octanol–water partition coefficient (Wildman–Crippen LogP) is 3.63. The van der Waals surface area contributed by atoms with Crippen molar-refractivity contribution in [3.8, 4) is 0 Å². The first-order valence-electron chi connectivity index (χ1n) is 7.38. The lowest BCUT2D eigenvalue weighted by Crippen LogP contribution is -2.58. The molecule has 4 N–H and O–H groups in total. The average Bonchev–Trinajstić information content (AvgIpc) is 2.44. The van der Waals surface area contributed by atoms with Gasteiger partial charge in [-0.25, -0.2) is 4.99 Å². The minimum Gasteiger partial charge on any atom is -0.369 e. The van der Waals surface area contributed by atoms with Crippen LogP contribution in [0.3, 0.4) is 0 Å². The van der Waals surface area contributed by atoms with E-state index in [2.05, 4.69) is 49.8 Å². The van der Waals surface area contributed by atoms with E-state index in [0.717, 1.165) is 45.9 Å². The van der Waals surface area contributed by atoms with E-state index < -0.39 is 5.66 Å². The fraction of sp³-hybridized carbons (Fsp3) is 0.467. The lowest BCUT2D eigenvalue weighted by atomic mass is 9.87. The molecule has 1 spiro atoms. The van der Waals surface area contributed by atoms with Gasteiger partial charge in [0.1, 0.15) is 5.66 Å². The smallest absolute Gasteiger partial charge is 0.220 e. The molecule has 0 atom stereocenters. The number of halogens is 2. The van der Waals surface area contributed by atoms with Gasteiger partial charge in [-0.1, -0.05) is 22.4 Å². The zero-order chi connectivity index (χ0) is 15.9. The van der Waals surface area contributed by atoms with E-state index in [-0.39, 0.29) is 5.96 Å². The topological polar surface area (TPSA) is 80.0 Å². The van der Waals surface area contributed by atoms with Crippen LogP contribution in [0.1, 0.15) is 37.7 Å². The molecule has 0 amide bonds. The number of anilines is 1. The molecule has 0 saturated heterocycles. The standard InChI is InChI=1S/C15H19Br2N5/c1-9-7-12(11(17)8-10(9)16)22-14(19)20-13(18)21-15(22)5-3-2-4-6-15/h7-8H,2-6H2,1H3,(H4,18,19,20,21). The van der Waals surface area contributed by atoms with Crippen molar-refractivity contribution >= 4 is 49.5 Å². The second kappa shape index (κ2) is 5.85. The number of guanidine groups is 2. The van der Waals surface area contributed by atoms with Crippen LogP contribution in [0.5, 0.6) is 0 Å². The van der Waals surface area contributed by atoms with Crippen LogP contribution in [-0.2, 0) is 0 Å². The van der Waals surface area contributed by atoms with E-state index in [0.29, 0.717) is 5.96 Å². The zero-order valence-corrected chi connectivity index (χ0v) is 15.6. The molecule has 118 valence electrons. The molecular weight excluding hydrogens is 410 g/mol. The summed E-state index contributed by atoms with van der Waals surface area (Å²) in [6, 6.07) is 4.14. The molecule has 1 heterocycles. The maximum atomic E-state index is 6.25. The summed E-state index contributed by atoms with van der Waals surface area (Å²) >= 11 is 7.21. The molecule has 22 heavy (non-hydrogen) atoms. The van der Waals surface area contributed by atoms with Gasteiger partial charge in [-0.3, -0.25) is 4.90 Å². The molecule has 1 fully saturated rings. The van der Waals surface area contributed by atoms with E-state index in [9.17, 15) is 0 Å². The Morgan fingerprint density at radius 1 is 1.09 bits per heavy atom. The molecule has 7 heteroatoms. The highest BCUT2D eigenvalue weighted by Crippen LogP contribution is 2.43. The molecule has 1 aromatic rings. The minimum absolute atomic E-state index is 0.278. The van der Waals surface area contributed by atoms with Crippen LogP contribution in [0.2, 0.25) is 0 Å². The van der Waals surface area contributed by atoms with Crippen molar-refractivity contribution in [3.05, 3.63) is 26.6 Å². The third-order valence-electron chi connectivity index (χ3n) is 4.32. The second-order valence-corrected chi connectivity index (χ2v) is 7.58. The molecule has 0 radical (unpaired) electrons. The summed E-state index contributed by atoms with van der Waals surface area (Å²) in [5.41, 5.74) is 13.9. The first-order chi connectivity index (χ1) is 10.4. The molecule has 1 saturated carbocycles. The lowest BCUT2D eigenvalue weighted by Gasteiger charge is -2.46. The Balaban J connectivity index is 2.14. The number of hydrogen-bond donors (Lipinski definition) is 2. The van der Waals surface area contributed by atoms with Crippen LogP contribution in [0.15, 0.2) is 31.1 Å². The highest BCUT2D eigenvalue weighted by atomic mass is 79.9. The van der Waals surface area contributed by atoms with Gasteiger partial charge in [0.15, 0.2) is 0 Å². The van der Waals surface area contributed by atoms with Crippen LogP contribution >= 0.6 is 31.9 Å². The first kappa shape index (κ1) is 15.8. The number of nitrogens with zero attached hydrogens (tertiary/aromatic N) is 3. The number of hydrogen-bond acceptors (Lipinski definition) is 5. The molecule has 0 aromatic heterocycles. The Kier molecular flexibility index (Phi) is 4.20. The summed E-state index contributed by atoms with van der Waals surface area (Å²) in [5, 5.41) is 0. The van der Waals surface area contributed by atoms with Crippen molar-refractivity contribution in [2.24, 2.45) is 21.5 Å². The minimum atomic E-state index is -0.406. The largest absolute Gasteiger partial charge is 0.369 e. The van der Waals surface area contributed by atoms with Crippen molar-refractivity contribution in [2.45, 2.75) is 44.7 Å². The van der Waals surface area contributed by atoms with Gasteiger partial charge in [-0.15, -0.1) is 0 Å². The SMILES string of the molecule is Cc1cc(N2C(N)=NC(N)=NC23CCCCC3)c(Br)cc1Br. The third-order valence-corrected chi connectivity index (χ3v) is 5.81. The van der Waals surface area contributed by atoms with Crippen LogP contribution in [0, 0.1) is 6.92 Å². The van der Waals surface area contributed by atoms with E-state index in [1.54, 1.807) is 0 Å². The zero-order valence-electron chi connectivity index (χ0n) is 12.4. The molecular formula is C15H19Br2N5. The van der Waals surface area contributed by atoms with Crippen LogP contribution in [-0.4, -0.2) is 17.6 Å². The van der Waals surface area contributed by atoms with Crippen molar-refractivity contribution < 1.29 is 0 Å². The number of aliphatic imine (C=N–C) groups is 2. The lowest BCUT2D eigenvalue weighted by molar-refractivity contribution is 0.305. The van der Waals surface area contributed by atoms with E-state index in [1.807, 2.05) is 11.0 Å². The Morgan fingerprint density at radius 3 is 2.45 bits per heavy atom. The monoisotopic (exact) mass is 427 g/mol. The average molecular weight is 429 g/mol. The first-order valence-corrected chi connectivity index (χ1v) is 8.97. The van der Waals surface area contributed by atoms with E-state index in [1.165, 1.54) is 6.42 Å². The van der Waals surface area contributed by atoms with E-state index in [4.69, 9.17) is 16.5 Å². The number of rotatable bonds is 1. The van der Waals surface area contributed by atoms with Gasteiger partial charge < -0.3 is 11.5 Å². The number of nitrogens with two attached hydrogens (primary N) is 2. The molecule has 1 aromatic carbocycles. The molecule has 3 rings (SSSR count). The number of aryl methyl sites for hydroxylation is 1. The maximum Gasteiger partial charge on any atom is 0.220 e. The van der Waals surface area contributed by atoms with Gasteiger partial charge in [-0.2, -0.15) is 4.99 Å². The third kappa shape index (κ3) is 2.65. The van der Waals surface area contributed by atoms with Gasteiger partial charge >= 0.3 is 0 Å². The molecule has 5 nitrogen and oxygen atoms in total. The van der Waals surface area contributed by atoms with Gasteiger partial charge in [0, 0.05) is 8.95 Å². The van der Waals surface area contributed by atoms with Gasteiger partial charge in [0.25, 0.3) is 0 Å². The highest BCUT2D eigenvalue weighted by Gasteiger charge is 2.43. The summed E-state index contributed by atoms with van der Waals surface area (Å²) < 4.78 is 2.01. The number of benzene rings is 1. The second-order valence-electron chi connectivity index (χ2n) is 5.87. The Morgan fingerprint density at radius 2 is 1.77 bits per heavy atom. The van der Waals surface area contributed by atoms with Crippen LogP contribution in [0.25, 0.3) is 0 Å². The molecule has 2 aliphatic rings. The Bertz CT molecular complexity index is 662.